The van der Waals surface area contributed by atoms with Crippen molar-refractivity contribution in [2.24, 2.45) is 0 Å². The first-order valence-corrected chi connectivity index (χ1v) is 9.16. The standard InChI is InChI=1S/C15H15F2N5OS2/c1-7(23)5-19-12-11-13(20-14(18)25-11)22-15(21-12)24-6-8-3-2-4-9(16)10(8)17/h2-4,7,23H,5-6H2,1H3,(H3,18,19,20,21,22). The summed E-state index contributed by atoms with van der Waals surface area (Å²) in [5, 5.41) is 13.2. The molecule has 0 aliphatic rings. The molecule has 132 valence electrons. The number of anilines is 2. The van der Waals surface area contributed by atoms with Crippen LogP contribution in [0.2, 0.25) is 0 Å². The molecular formula is C15H15F2N5OS2. The summed E-state index contributed by atoms with van der Waals surface area (Å²) < 4.78 is 27.7. The Hall–Kier alpha value is -2.04. The molecule has 0 aliphatic heterocycles. The molecule has 25 heavy (non-hydrogen) atoms. The molecule has 3 aromatic rings. The lowest BCUT2D eigenvalue weighted by Crippen LogP contribution is -2.16. The summed E-state index contributed by atoms with van der Waals surface area (Å²) in [5.74, 6) is -1.09. The average Bonchev–Trinajstić information content (AvgIpc) is 2.94. The van der Waals surface area contributed by atoms with E-state index in [9.17, 15) is 13.9 Å². The van der Waals surface area contributed by atoms with E-state index in [1.165, 1.54) is 23.5 Å². The number of rotatable bonds is 6. The van der Waals surface area contributed by atoms with Crippen molar-refractivity contribution in [3.05, 3.63) is 35.4 Å². The van der Waals surface area contributed by atoms with Gasteiger partial charge >= 0.3 is 0 Å². The summed E-state index contributed by atoms with van der Waals surface area (Å²) in [4.78, 5) is 12.8. The Bertz CT molecular complexity index is 903. The van der Waals surface area contributed by atoms with Crippen molar-refractivity contribution in [3.63, 3.8) is 0 Å². The molecule has 0 saturated carbocycles. The maximum atomic E-state index is 13.8. The fraction of sp³-hybridized carbons (Fsp3) is 0.267. The number of aliphatic hydroxyl groups excluding tert-OH is 1. The molecule has 2 heterocycles. The summed E-state index contributed by atoms with van der Waals surface area (Å²) in [5.41, 5.74) is 6.38. The van der Waals surface area contributed by atoms with Crippen molar-refractivity contribution >= 4 is 44.4 Å². The van der Waals surface area contributed by atoms with Crippen molar-refractivity contribution in [3.8, 4) is 0 Å². The average molecular weight is 383 g/mol. The van der Waals surface area contributed by atoms with E-state index in [-0.39, 0.29) is 11.3 Å². The second-order valence-electron chi connectivity index (χ2n) is 5.29. The van der Waals surface area contributed by atoms with Gasteiger partial charge in [0, 0.05) is 17.9 Å². The van der Waals surface area contributed by atoms with Crippen LogP contribution in [0.1, 0.15) is 12.5 Å². The molecule has 10 heteroatoms. The first kappa shape index (κ1) is 17.8. The molecular weight excluding hydrogens is 368 g/mol. The van der Waals surface area contributed by atoms with Crippen LogP contribution in [0.5, 0.6) is 0 Å². The minimum Gasteiger partial charge on any atom is -0.392 e. The van der Waals surface area contributed by atoms with Gasteiger partial charge in [0.15, 0.2) is 33.4 Å². The lowest BCUT2D eigenvalue weighted by Gasteiger charge is -2.09. The third-order valence-electron chi connectivity index (χ3n) is 3.20. The molecule has 3 rings (SSSR count). The predicted octanol–water partition coefficient (Wildman–Crippen LogP) is 3.03. The number of nitrogen functional groups attached to an aromatic ring is 1. The fourth-order valence-electron chi connectivity index (χ4n) is 2.05. The van der Waals surface area contributed by atoms with Crippen molar-refractivity contribution in [2.45, 2.75) is 23.9 Å². The van der Waals surface area contributed by atoms with Crippen molar-refractivity contribution in [1.82, 2.24) is 15.0 Å². The molecule has 0 bridgehead atoms. The van der Waals surface area contributed by atoms with Crippen molar-refractivity contribution < 1.29 is 13.9 Å². The van der Waals surface area contributed by atoms with Crippen LogP contribution < -0.4 is 11.1 Å². The molecule has 1 unspecified atom stereocenters. The Morgan fingerprint density at radius 1 is 1.32 bits per heavy atom. The van der Waals surface area contributed by atoms with E-state index in [0.29, 0.717) is 33.0 Å². The van der Waals surface area contributed by atoms with Crippen LogP contribution in [0.25, 0.3) is 10.3 Å². The van der Waals surface area contributed by atoms with E-state index < -0.39 is 17.7 Å². The van der Waals surface area contributed by atoms with Crippen molar-refractivity contribution in [1.29, 1.82) is 0 Å². The zero-order valence-electron chi connectivity index (χ0n) is 13.2. The lowest BCUT2D eigenvalue weighted by molar-refractivity contribution is 0.208. The molecule has 2 aromatic heterocycles. The van der Waals surface area contributed by atoms with E-state index in [1.807, 2.05) is 0 Å². The monoisotopic (exact) mass is 383 g/mol. The smallest absolute Gasteiger partial charge is 0.191 e. The first-order chi connectivity index (χ1) is 11.9. The molecule has 0 spiro atoms. The molecule has 6 nitrogen and oxygen atoms in total. The minimum atomic E-state index is -0.888. The van der Waals surface area contributed by atoms with E-state index in [4.69, 9.17) is 5.73 Å². The molecule has 0 radical (unpaired) electrons. The molecule has 0 aliphatic carbocycles. The highest BCUT2D eigenvalue weighted by Gasteiger charge is 2.14. The Morgan fingerprint density at radius 2 is 2.12 bits per heavy atom. The molecule has 1 aromatic carbocycles. The van der Waals surface area contributed by atoms with E-state index in [2.05, 4.69) is 20.3 Å². The summed E-state index contributed by atoms with van der Waals surface area (Å²) in [6.07, 6.45) is -0.562. The Labute approximate surface area is 150 Å². The number of nitrogens with one attached hydrogen (secondary N) is 1. The summed E-state index contributed by atoms with van der Waals surface area (Å²) in [6.45, 7) is 1.95. The topological polar surface area (TPSA) is 97.0 Å². The number of benzene rings is 1. The van der Waals surface area contributed by atoms with Gasteiger partial charge in [-0.2, -0.15) is 0 Å². The zero-order chi connectivity index (χ0) is 18.0. The summed E-state index contributed by atoms with van der Waals surface area (Å²) in [6, 6.07) is 4.04. The highest BCUT2D eigenvalue weighted by atomic mass is 32.2. The van der Waals surface area contributed by atoms with Crippen LogP contribution in [-0.2, 0) is 5.75 Å². The first-order valence-electron chi connectivity index (χ1n) is 7.35. The maximum Gasteiger partial charge on any atom is 0.191 e. The summed E-state index contributed by atoms with van der Waals surface area (Å²) in [7, 11) is 0. The number of aromatic nitrogens is 3. The van der Waals surface area contributed by atoms with Gasteiger partial charge in [-0.3, -0.25) is 0 Å². The van der Waals surface area contributed by atoms with Crippen LogP contribution >= 0.6 is 23.1 Å². The molecule has 0 amide bonds. The second-order valence-corrected chi connectivity index (χ2v) is 7.26. The fourth-order valence-corrected chi connectivity index (χ4v) is 3.60. The van der Waals surface area contributed by atoms with Gasteiger partial charge in [0.25, 0.3) is 0 Å². The van der Waals surface area contributed by atoms with Gasteiger partial charge in [-0.25, -0.2) is 23.7 Å². The highest BCUT2D eigenvalue weighted by Crippen LogP contribution is 2.31. The van der Waals surface area contributed by atoms with E-state index in [0.717, 1.165) is 17.8 Å². The van der Waals surface area contributed by atoms with Crippen LogP contribution in [0.3, 0.4) is 0 Å². The Balaban J connectivity index is 1.86. The van der Waals surface area contributed by atoms with E-state index in [1.54, 1.807) is 6.92 Å². The number of thioether (sulfide) groups is 1. The number of thiazole rings is 1. The molecule has 0 fully saturated rings. The summed E-state index contributed by atoms with van der Waals surface area (Å²) >= 11 is 2.40. The Kier molecular flexibility index (Phi) is 5.30. The molecule has 0 saturated heterocycles. The van der Waals surface area contributed by atoms with Gasteiger partial charge in [0.2, 0.25) is 0 Å². The van der Waals surface area contributed by atoms with Crippen LogP contribution in [0, 0.1) is 11.6 Å². The molecule has 4 N–H and O–H groups in total. The van der Waals surface area contributed by atoms with Crippen LogP contribution in [0.4, 0.5) is 19.7 Å². The van der Waals surface area contributed by atoms with Gasteiger partial charge in [-0.05, 0) is 13.0 Å². The SMILES string of the molecule is CC(O)CNc1nc(SCc2cccc(F)c2F)nc2nc(N)sc12. The van der Waals surface area contributed by atoms with Gasteiger partial charge in [0.05, 0.1) is 6.10 Å². The second kappa shape index (κ2) is 7.46. The zero-order valence-corrected chi connectivity index (χ0v) is 14.8. The number of halogens is 2. The van der Waals surface area contributed by atoms with Gasteiger partial charge in [-0.1, -0.05) is 35.2 Å². The van der Waals surface area contributed by atoms with Gasteiger partial charge in [-0.15, -0.1) is 0 Å². The normalized spacial score (nSPS) is 12.5. The third-order valence-corrected chi connectivity index (χ3v) is 4.98. The number of nitrogens with two attached hydrogens (primary N) is 1. The quantitative estimate of drug-likeness (QED) is 0.445. The maximum absolute atomic E-state index is 13.8. The van der Waals surface area contributed by atoms with Gasteiger partial charge < -0.3 is 16.2 Å². The Morgan fingerprint density at radius 3 is 2.88 bits per heavy atom. The minimum absolute atomic E-state index is 0.171. The predicted molar refractivity (Wildman–Crippen MR) is 95.7 cm³/mol. The number of aliphatic hydroxyl groups is 1. The molecule has 1 atom stereocenters. The largest absolute Gasteiger partial charge is 0.392 e. The highest BCUT2D eigenvalue weighted by molar-refractivity contribution is 7.98. The number of hydrogen-bond acceptors (Lipinski definition) is 8. The lowest BCUT2D eigenvalue weighted by atomic mass is 10.2. The van der Waals surface area contributed by atoms with Crippen molar-refractivity contribution in [2.75, 3.05) is 17.6 Å². The van der Waals surface area contributed by atoms with Crippen LogP contribution in [0.15, 0.2) is 23.4 Å². The van der Waals surface area contributed by atoms with Crippen LogP contribution in [-0.4, -0.2) is 32.7 Å². The number of nitrogens with zero attached hydrogens (tertiary/aromatic N) is 3. The third kappa shape index (κ3) is 4.14. The van der Waals surface area contributed by atoms with Gasteiger partial charge in [0.1, 0.15) is 4.70 Å². The number of fused-ring (bicyclic) bond motifs is 1. The number of hydrogen-bond donors (Lipinski definition) is 3. The van der Waals surface area contributed by atoms with E-state index >= 15 is 0 Å².